The van der Waals surface area contributed by atoms with Crippen molar-refractivity contribution in [2.45, 2.75) is 6.92 Å². The van der Waals surface area contributed by atoms with Gasteiger partial charge < -0.3 is 0 Å². The fourth-order valence-electron chi connectivity index (χ4n) is 1.86. The average molecular weight is 378 g/mol. The van der Waals surface area contributed by atoms with Crippen LogP contribution in [0, 0.1) is 0 Å². The van der Waals surface area contributed by atoms with E-state index in [1.165, 1.54) is 4.90 Å². The first-order chi connectivity index (χ1) is 10.2. The lowest BCUT2D eigenvalue weighted by Gasteiger charge is -2.13. The normalized spacial score (nSPS) is 18.0. The molecule has 1 aromatic rings. The molecular weight excluding hydrogens is 366 g/mol. The molecule has 2 rings (SSSR count). The molecule has 118 valence electrons. The highest BCUT2D eigenvalue weighted by atomic mass is 35.5. The van der Waals surface area contributed by atoms with Crippen LogP contribution in [0.2, 0.25) is 5.02 Å². The van der Waals surface area contributed by atoms with Crippen LogP contribution in [0.25, 0.3) is 5.57 Å². The lowest BCUT2D eigenvalue weighted by molar-refractivity contribution is -0.121. The number of benzene rings is 1. The number of carbonyl (C=O) groups is 1. The number of hydrogen-bond acceptors (Lipinski definition) is 5. The van der Waals surface area contributed by atoms with Gasteiger partial charge in [0.05, 0.1) is 10.7 Å². The number of thiocarbonyl (C=S) groups is 1. The lowest BCUT2D eigenvalue weighted by atomic mass is 10.1. The van der Waals surface area contributed by atoms with Crippen molar-refractivity contribution in [3.05, 3.63) is 39.8 Å². The van der Waals surface area contributed by atoms with Crippen LogP contribution < -0.4 is 0 Å². The molecule has 1 N–H and O–H groups in total. The minimum absolute atomic E-state index is 0.166. The Balaban J connectivity index is 2.26. The van der Waals surface area contributed by atoms with E-state index in [0.29, 0.717) is 9.93 Å². The van der Waals surface area contributed by atoms with E-state index in [0.717, 1.165) is 22.9 Å². The molecule has 5 nitrogen and oxygen atoms in total. The summed E-state index contributed by atoms with van der Waals surface area (Å²) in [5, 5.41) is 0.595. The van der Waals surface area contributed by atoms with E-state index in [9.17, 15) is 13.2 Å². The number of nitrogens with zero attached hydrogens (tertiary/aromatic N) is 1. The van der Waals surface area contributed by atoms with Crippen molar-refractivity contribution >= 4 is 61.5 Å². The van der Waals surface area contributed by atoms with Gasteiger partial charge in [-0.3, -0.25) is 14.2 Å². The summed E-state index contributed by atoms with van der Waals surface area (Å²) in [6, 6.07) is 7.03. The summed E-state index contributed by atoms with van der Waals surface area (Å²) in [5.41, 5.74) is 1.57. The third kappa shape index (κ3) is 4.08. The van der Waals surface area contributed by atoms with Crippen LogP contribution in [0.5, 0.6) is 0 Å². The van der Waals surface area contributed by atoms with Gasteiger partial charge in [-0.25, -0.2) is 0 Å². The van der Waals surface area contributed by atoms with Gasteiger partial charge in [0.2, 0.25) is 0 Å². The predicted molar refractivity (Wildman–Crippen MR) is 92.4 cm³/mol. The molecule has 1 heterocycles. The fourth-order valence-corrected chi connectivity index (χ4v) is 3.75. The number of rotatable bonds is 4. The van der Waals surface area contributed by atoms with Crippen molar-refractivity contribution in [3.8, 4) is 0 Å². The summed E-state index contributed by atoms with van der Waals surface area (Å²) >= 11 is 12.1. The Kier molecular flexibility index (Phi) is 5.29. The second-order valence-electron chi connectivity index (χ2n) is 4.57. The van der Waals surface area contributed by atoms with Crippen molar-refractivity contribution in [1.82, 2.24) is 4.90 Å². The number of amides is 1. The van der Waals surface area contributed by atoms with Gasteiger partial charge in [0, 0.05) is 11.6 Å². The first kappa shape index (κ1) is 17.4. The molecule has 1 saturated heterocycles. The molecule has 0 saturated carbocycles. The summed E-state index contributed by atoms with van der Waals surface area (Å²) in [4.78, 5) is 14.0. The minimum atomic E-state index is -4.15. The van der Waals surface area contributed by atoms with Crippen LogP contribution in [-0.2, 0) is 14.9 Å². The van der Waals surface area contributed by atoms with Crippen molar-refractivity contribution in [2.24, 2.45) is 0 Å². The van der Waals surface area contributed by atoms with E-state index in [2.05, 4.69) is 0 Å². The topological polar surface area (TPSA) is 74.7 Å². The Hall–Kier alpha value is -0.930. The second-order valence-corrected chi connectivity index (χ2v) is 8.22. The van der Waals surface area contributed by atoms with Gasteiger partial charge in [0.25, 0.3) is 16.0 Å². The molecule has 1 aliphatic heterocycles. The summed E-state index contributed by atoms with van der Waals surface area (Å²) in [6.45, 7) is 1.62. The fraction of sp³-hybridized carbons (Fsp3) is 0.231. The van der Waals surface area contributed by atoms with E-state index < -0.39 is 15.9 Å². The quantitative estimate of drug-likeness (QED) is 0.494. The SMILES string of the molecule is C/C(=C1/SC(=S)N(CCS(=O)(=O)O)C1=O)c1ccc(Cl)cc1. The highest BCUT2D eigenvalue weighted by Crippen LogP contribution is 2.36. The van der Waals surface area contributed by atoms with Gasteiger partial charge in [0.1, 0.15) is 4.32 Å². The van der Waals surface area contributed by atoms with Crippen LogP contribution in [-0.4, -0.2) is 40.4 Å². The molecule has 9 heteroatoms. The molecule has 0 atom stereocenters. The molecule has 0 unspecified atom stereocenters. The van der Waals surface area contributed by atoms with Gasteiger partial charge in [-0.1, -0.05) is 47.7 Å². The molecule has 22 heavy (non-hydrogen) atoms. The van der Waals surface area contributed by atoms with Gasteiger partial charge >= 0.3 is 0 Å². The monoisotopic (exact) mass is 377 g/mol. The lowest BCUT2D eigenvalue weighted by Crippen LogP contribution is -2.32. The maximum atomic E-state index is 12.4. The molecule has 0 spiro atoms. The number of hydrogen-bond donors (Lipinski definition) is 1. The number of allylic oxidation sites excluding steroid dienone is 1. The summed E-state index contributed by atoms with van der Waals surface area (Å²) < 4.78 is 30.7. The van der Waals surface area contributed by atoms with Crippen LogP contribution in [0.3, 0.4) is 0 Å². The second kappa shape index (κ2) is 6.67. The maximum Gasteiger partial charge on any atom is 0.266 e. The Morgan fingerprint density at radius 3 is 2.50 bits per heavy atom. The Bertz CT molecular complexity index is 756. The Morgan fingerprint density at radius 2 is 1.95 bits per heavy atom. The number of thioether (sulfide) groups is 1. The average Bonchev–Trinajstić information content (AvgIpc) is 2.71. The van der Waals surface area contributed by atoms with Gasteiger partial charge in [-0.15, -0.1) is 0 Å². The highest BCUT2D eigenvalue weighted by Gasteiger charge is 2.34. The van der Waals surface area contributed by atoms with E-state index in [1.807, 2.05) is 0 Å². The van der Waals surface area contributed by atoms with Crippen molar-refractivity contribution in [1.29, 1.82) is 0 Å². The third-order valence-electron chi connectivity index (χ3n) is 3.04. The standard InChI is InChI=1S/C13H12ClNO4S3/c1-8(9-2-4-10(14)5-3-9)11-12(16)15(13(20)21-11)6-7-22(17,18)19/h2-5H,6-7H2,1H3,(H,17,18,19)/b11-8-. The summed E-state index contributed by atoms with van der Waals surface area (Å²) in [7, 11) is -4.15. The zero-order valence-electron chi connectivity index (χ0n) is 11.4. The van der Waals surface area contributed by atoms with Crippen LogP contribution in [0.4, 0.5) is 0 Å². The zero-order valence-corrected chi connectivity index (χ0v) is 14.7. The highest BCUT2D eigenvalue weighted by molar-refractivity contribution is 8.26. The molecule has 0 radical (unpaired) electrons. The molecule has 0 bridgehead atoms. The number of halogens is 1. The molecule has 1 amide bonds. The maximum absolute atomic E-state index is 12.4. The largest absolute Gasteiger partial charge is 0.292 e. The van der Waals surface area contributed by atoms with Crippen molar-refractivity contribution in [3.63, 3.8) is 0 Å². The van der Waals surface area contributed by atoms with Crippen LogP contribution >= 0.6 is 35.6 Å². The number of carbonyl (C=O) groups excluding carboxylic acids is 1. The van der Waals surface area contributed by atoms with Gasteiger partial charge in [-0.05, 0) is 30.2 Å². The first-order valence-electron chi connectivity index (χ1n) is 6.14. The Labute approximate surface area is 143 Å². The van der Waals surface area contributed by atoms with E-state index in [-0.39, 0.29) is 16.8 Å². The smallest absolute Gasteiger partial charge is 0.266 e. The molecule has 1 aliphatic rings. The van der Waals surface area contributed by atoms with Crippen molar-refractivity contribution in [2.75, 3.05) is 12.3 Å². The Morgan fingerprint density at radius 1 is 1.36 bits per heavy atom. The van der Waals surface area contributed by atoms with E-state index >= 15 is 0 Å². The summed E-state index contributed by atoms with van der Waals surface area (Å²) in [6.07, 6.45) is 0. The van der Waals surface area contributed by atoms with Gasteiger partial charge in [-0.2, -0.15) is 8.42 Å². The molecule has 1 aromatic carbocycles. The van der Waals surface area contributed by atoms with Crippen molar-refractivity contribution < 1.29 is 17.8 Å². The molecular formula is C13H12ClNO4S3. The third-order valence-corrected chi connectivity index (χ3v) is 5.54. The van der Waals surface area contributed by atoms with Crippen LogP contribution in [0.15, 0.2) is 29.2 Å². The molecule has 0 aliphatic carbocycles. The summed E-state index contributed by atoms with van der Waals surface area (Å²) in [5.74, 6) is -0.904. The first-order valence-corrected chi connectivity index (χ1v) is 9.36. The van der Waals surface area contributed by atoms with Crippen LogP contribution in [0.1, 0.15) is 12.5 Å². The predicted octanol–water partition coefficient (Wildman–Crippen LogP) is 2.82. The molecule has 0 aromatic heterocycles. The van der Waals surface area contributed by atoms with E-state index in [1.54, 1.807) is 31.2 Å². The van der Waals surface area contributed by atoms with E-state index in [4.69, 9.17) is 28.4 Å². The minimum Gasteiger partial charge on any atom is -0.292 e. The molecule has 1 fully saturated rings. The zero-order chi connectivity index (χ0) is 16.5. The van der Waals surface area contributed by atoms with Gasteiger partial charge in [0.15, 0.2) is 0 Å².